The molecule has 8 heteroatoms. The number of aromatic nitrogens is 2. The van der Waals surface area contributed by atoms with Gasteiger partial charge in [0.1, 0.15) is 0 Å². The van der Waals surface area contributed by atoms with Gasteiger partial charge >= 0.3 is 0 Å². The SMILES string of the molecule is Cc1nc(CSCC(=O)N2CCC(C(=O)NC(C)C(C)C)CC2)no1. The van der Waals surface area contributed by atoms with Crippen LogP contribution in [-0.2, 0) is 15.3 Å². The van der Waals surface area contributed by atoms with Crippen LogP contribution in [0.2, 0.25) is 0 Å². The van der Waals surface area contributed by atoms with E-state index >= 15 is 0 Å². The van der Waals surface area contributed by atoms with Crippen LogP contribution >= 0.6 is 11.8 Å². The molecule has 0 aliphatic carbocycles. The van der Waals surface area contributed by atoms with E-state index < -0.39 is 0 Å². The second-order valence-corrected chi connectivity index (χ2v) is 7.90. The molecule has 0 aromatic carbocycles. The number of thioether (sulfide) groups is 1. The average Bonchev–Trinajstić information content (AvgIpc) is 3.00. The standard InChI is InChI=1S/C17H28N4O3S/c1-11(2)12(3)18-17(23)14-5-7-21(8-6-14)16(22)10-25-9-15-19-13(4)24-20-15/h11-12,14H,5-10H2,1-4H3,(H,18,23). The van der Waals surface area contributed by atoms with E-state index in [1.54, 1.807) is 6.92 Å². The molecule has 1 atom stereocenters. The Bertz CT molecular complexity index is 582. The van der Waals surface area contributed by atoms with E-state index in [4.69, 9.17) is 4.52 Å². The van der Waals surface area contributed by atoms with Gasteiger partial charge in [-0.1, -0.05) is 19.0 Å². The third-order valence-corrected chi connectivity index (χ3v) is 5.53. The molecule has 25 heavy (non-hydrogen) atoms. The van der Waals surface area contributed by atoms with Crippen molar-refractivity contribution in [3.63, 3.8) is 0 Å². The van der Waals surface area contributed by atoms with E-state index in [0.717, 1.165) is 12.8 Å². The molecule has 1 fully saturated rings. The maximum atomic E-state index is 12.3. The van der Waals surface area contributed by atoms with Crippen LogP contribution in [0.1, 0.15) is 45.3 Å². The van der Waals surface area contributed by atoms with Crippen molar-refractivity contribution >= 4 is 23.6 Å². The van der Waals surface area contributed by atoms with E-state index in [0.29, 0.717) is 42.2 Å². The van der Waals surface area contributed by atoms with Crippen molar-refractivity contribution in [1.82, 2.24) is 20.4 Å². The first-order valence-electron chi connectivity index (χ1n) is 8.82. The molecule has 1 aliphatic rings. The molecule has 2 amide bonds. The van der Waals surface area contributed by atoms with E-state index in [-0.39, 0.29) is 23.8 Å². The molecule has 1 N–H and O–H groups in total. The average molecular weight is 369 g/mol. The molecular formula is C17H28N4O3S. The Morgan fingerprint density at radius 2 is 2.00 bits per heavy atom. The lowest BCUT2D eigenvalue weighted by atomic mass is 9.95. The van der Waals surface area contributed by atoms with E-state index in [2.05, 4.69) is 29.3 Å². The minimum absolute atomic E-state index is 0.0141. The zero-order valence-corrected chi connectivity index (χ0v) is 16.3. The predicted octanol–water partition coefficient (Wildman–Crippen LogP) is 2.01. The highest BCUT2D eigenvalue weighted by Gasteiger charge is 2.28. The van der Waals surface area contributed by atoms with E-state index in [1.165, 1.54) is 11.8 Å². The van der Waals surface area contributed by atoms with Crippen LogP contribution in [0.5, 0.6) is 0 Å². The van der Waals surface area contributed by atoms with Gasteiger partial charge in [-0.05, 0) is 25.7 Å². The van der Waals surface area contributed by atoms with Crippen LogP contribution in [0.15, 0.2) is 4.52 Å². The molecule has 140 valence electrons. The van der Waals surface area contributed by atoms with Gasteiger partial charge in [0, 0.05) is 32.0 Å². The lowest BCUT2D eigenvalue weighted by Gasteiger charge is -2.32. The fraction of sp³-hybridized carbons (Fsp3) is 0.765. The maximum Gasteiger partial charge on any atom is 0.232 e. The molecule has 1 saturated heterocycles. The predicted molar refractivity (Wildman–Crippen MR) is 96.9 cm³/mol. The molecule has 1 aromatic heterocycles. The number of aryl methyl sites for hydroxylation is 1. The highest BCUT2D eigenvalue weighted by molar-refractivity contribution is 7.99. The minimum atomic E-state index is 0.0141. The summed E-state index contributed by atoms with van der Waals surface area (Å²) in [6.45, 7) is 9.27. The van der Waals surface area contributed by atoms with Gasteiger partial charge in [-0.15, -0.1) is 11.8 Å². The van der Waals surface area contributed by atoms with Crippen LogP contribution < -0.4 is 5.32 Å². The zero-order valence-electron chi connectivity index (χ0n) is 15.4. The summed E-state index contributed by atoms with van der Waals surface area (Å²) < 4.78 is 4.91. The third kappa shape index (κ3) is 6.02. The van der Waals surface area contributed by atoms with E-state index in [9.17, 15) is 9.59 Å². The highest BCUT2D eigenvalue weighted by atomic mass is 32.2. The van der Waals surface area contributed by atoms with Crippen LogP contribution in [0.25, 0.3) is 0 Å². The molecule has 7 nitrogen and oxygen atoms in total. The molecule has 2 heterocycles. The van der Waals surface area contributed by atoms with Crippen molar-refractivity contribution in [2.24, 2.45) is 11.8 Å². The van der Waals surface area contributed by atoms with Gasteiger partial charge in [-0.3, -0.25) is 9.59 Å². The summed E-state index contributed by atoms with van der Waals surface area (Å²) in [5.74, 6) is 2.78. The van der Waals surface area contributed by atoms with Crippen molar-refractivity contribution in [2.75, 3.05) is 18.8 Å². The number of carbonyl (C=O) groups excluding carboxylic acids is 2. The number of nitrogens with zero attached hydrogens (tertiary/aromatic N) is 3. The molecule has 1 aliphatic heterocycles. The Morgan fingerprint density at radius 1 is 1.32 bits per heavy atom. The summed E-state index contributed by atoms with van der Waals surface area (Å²) in [6.07, 6.45) is 1.47. The first-order valence-corrected chi connectivity index (χ1v) is 9.97. The monoisotopic (exact) mass is 368 g/mol. The summed E-state index contributed by atoms with van der Waals surface area (Å²) >= 11 is 1.48. The molecule has 0 radical (unpaired) electrons. The van der Waals surface area contributed by atoms with Gasteiger partial charge in [0.05, 0.1) is 11.5 Å². The highest BCUT2D eigenvalue weighted by Crippen LogP contribution is 2.19. The van der Waals surface area contributed by atoms with Crippen LogP contribution in [0.4, 0.5) is 0 Å². The first-order chi connectivity index (χ1) is 11.9. The Hall–Kier alpha value is -1.57. The van der Waals surface area contributed by atoms with Gasteiger partial charge in [-0.2, -0.15) is 4.98 Å². The molecular weight excluding hydrogens is 340 g/mol. The van der Waals surface area contributed by atoms with Crippen LogP contribution in [0.3, 0.4) is 0 Å². The maximum absolute atomic E-state index is 12.3. The molecule has 0 spiro atoms. The summed E-state index contributed by atoms with van der Waals surface area (Å²) in [6, 6.07) is 0.178. The zero-order chi connectivity index (χ0) is 18.4. The van der Waals surface area contributed by atoms with Crippen LogP contribution in [0, 0.1) is 18.8 Å². The Labute approximate surface area is 153 Å². The van der Waals surface area contributed by atoms with Crippen molar-refractivity contribution in [1.29, 1.82) is 0 Å². The largest absolute Gasteiger partial charge is 0.353 e. The van der Waals surface area contributed by atoms with Crippen molar-refractivity contribution < 1.29 is 14.1 Å². The fourth-order valence-electron chi connectivity index (χ4n) is 2.62. The van der Waals surface area contributed by atoms with Gasteiger partial charge in [0.2, 0.25) is 17.7 Å². The van der Waals surface area contributed by atoms with Crippen molar-refractivity contribution in [3.8, 4) is 0 Å². The molecule has 0 bridgehead atoms. The second kappa shape index (κ2) is 9.22. The number of likely N-dealkylation sites (tertiary alicyclic amines) is 1. The fourth-order valence-corrected chi connectivity index (χ4v) is 3.38. The summed E-state index contributed by atoms with van der Waals surface area (Å²) in [5, 5.41) is 6.89. The van der Waals surface area contributed by atoms with Gasteiger partial charge in [-0.25, -0.2) is 0 Å². The van der Waals surface area contributed by atoms with Gasteiger partial charge in [0.25, 0.3) is 0 Å². The molecule has 0 saturated carbocycles. The smallest absolute Gasteiger partial charge is 0.232 e. The number of piperidine rings is 1. The number of amides is 2. The quantitative estimate of drug-likeness (QED) is 0.792. The van der Waals surface area contributed by atoms with Gasteiger partial charge in [0.15, 0.2) is 5.82 Å². The number of hydrogen-bond acceptors (Lipinski definition) is 6. The third-order valence-electron chi connectivity index (χ3n) is 4.61. The summed E-state index contributed by atoms with van der Waals surface area (Å²) in [5.41, 5.74) is 0. The number of hydrogen-bond donors (Lipinski definition) is 1. The Morgan fingerprint density at radius 3 is 2.56 bits per heavy atom. The van der Waals surface area contributed by atoms with Crippen LogP contribution in [-0.4, -0.2) is 51.7 Å². The van der Waals surface area contributed by atoms with Gasteiger partial charge < -0.3 is 14.7 Å². The lowest BCUT2D eigenvalue weighted by Crippen LogP contribution is -2.46. The number of nitrogens with one attached hydrogen (secondary N) is 1. The minimum Gasteiger partial charge on any atom is -0.353 e. The second-order valence-electron chi connectivity index (χ2n) is 6.92. The normalized spacial score (nSPS) is 16.9. The summed E-state index contributed by atoms with van der Waals surface area (Å²) in [7, 11) is 0. The summed E-state index contributed by atoms with van der Waals surface area (Å²) in [4.78, 5) is 30.5. The number of rotatable bonds is 7. The molecule has 1 unspecified atom stereocenters. The molecule has 2 rings (SSSR count). The van der Waals surface area contributed by atoms with Crippen molar-refractivity contribution in [3.05, 3.63) is 11.7 Å². The number of carbonyl (C=O) groups is 2. The molecule has 1 aromatic rings. The Balaban J connectivity index is 1.68. The Kier molecular flexibility index (Phi) is 7.28. The lowest BCUT2D eigenvalue weighted by molar-refractivity contribution is -0.134. The topological polar surface area (TPSA) is 88.3 Å². The van der Waals surface area contributed by atoms with E-state index in [1.807, 2.05) is 11.8 Å². The first kappa shape index (κ1) is 19.8. The van der Waals surface area contributed by atoms with Crippen molar-refractivity contribution in [2.45, 2.75) is 52.3 Å².